The van der Waals surface area contributed by atoms with Gasteiger partial charge in [-0.25, -0.2) is 13.5 Å². The standard InChI is InChI=1S/C22H20FN3O2.ClH/c1-15(27)17-4-2-5-19(12-17)24-21(28)14-25-13-20(26-11-3-6-22(25)26)16-7-9-18(23)10-8-16;/h2,4-5,7-10,12-13H,3,6,11,14H2,1H3;1H. The molecular weight excluding hydrogens is 393 g/mol. The van der Waals surface area contributed by atoms with Crippen LogP contribution in [0.25, 0.3) is 11.3 Å². The molecule has 0 saturated heterocycles. The lowest BCUT2D eigenvalue weighted by Crippen LogP contribution is -3.00. The monoisotopic (exact) mass is 413 g/mol. The summed E-state index contributed by atoms with van der Waals surface area (Å²) in [4.78, 5) is 24.1. The summed E-state index contributed by atoms with van der Waals surface area (Å²) in [5, 5.41) is 2.86. The van der Waals surface area contributed by atoms with Crippen molar-refractivity contribution in [3.63, 3.8) is 0 Å². The first-order valence-corrected chi connectivity index (χ1v) is 9.30. The molecule has 1 aliphatic rings. The number of Topliss-reactive ketones (excluding diaryl/α,β-unsaturated/α-hetero) is 1. The number of nitrogens with zero attached hydrogens (tertiary/aromatic N) is 2. The molecule has 0 spiro atoms. The van der Waals surface area contributed by atoms with Gasteiger partial charge in [-0.3, -0.25) is 9.59 Å². The molecule has 0 atom stereocenters. The third-order valence-electron chi connectivity index (χ3n) is 5.00. The Hall–Kier alpha value is -2.99. The molecule has 0 bridgehead atoms. The Bertz CT molecular complexity index is 1060. The van der Waals surface area contributed by atoms with E-state index in [2.05, 4.69) is 9.88 Å². The van der Waals surface area contributed by atoms with Crippen molar-refractivity contribution in [2.24, 2.45) is 0 Å². The molecule has 150 valence electrons. The number of hydrogen-bond acceptors (Lipinski definition) is 2. The van der Waals surface area contributed by atoms with Crippen molar-refractivity contribution < 1.29 is 31.0 Å². The molecule has 1 N–H and O–H groups in total. The molecule has 1 amide bonds. The van der Waals surface area contributed by atoms with Crippen LogP contribution in [0.3, 0.4) is 0 Å². The molecule has 0 saturated carbocycles. The third-order valence-corrected chi connectivity index (χ3v) is 5.00. The second-order valence-electron chi connectivity index (χ2n) is 7.01. The van der Waals surface area contributed by atoms with Crippen LogP contribution in [0.1, 0.15) is 29.5 Å². The number of anilines is 1. The van der Waals surface area contributed by atoms with Crippen molar-refractivity contribution in [1.29, 1.82) is 0 Å². The van der Waals surface area contributed by atoms with Gasteiger partial charge in [-0.1, -0.05) is 12.1 Å². The van der Waals surface area contributed by atoms with Gasteiger partial charge in [0.1, 0.15) is 12.0 Å². The van der Waals surface area contributed by atoms with E-state index in [-0.39, 0.29) is 36.5 Å². The zero-order valence-electron chi connectivity index (χ0n) is 16.0. The van der Waals surface area contributed by atoms with Crippen LogP contribution < -0.4 is 22.3 Å². The maximum atomic E-state index is 13.3. The molecule has 0 fully saturated rings. The lowest BCUT2D eigenvalue weighted by molar-refractivity contribution is -0.690. The topological polar surface area (TPSA) is 55.0 Å². The lowest BCUT2D eigenvalue weighted by atomic mass is 10.1. The number of rotatable bonds is 5. The zero-order valence-corrected chi connectivity index (χ0v) is 16.7. The maximum Gasteiger partial charge on any atom is 0.266 e. The molecule has 1 aliphatic heterocycles. The summed E-state index contributed by atoms with van der Waals surface area (Å²) in [6, 6.07) is 13.3. The van der Waals surface area contributed by atoms with Crippen LogP contribution in [0, 0.1) is 5.82 Å². The van der Waals surface area contributed by atoms with E-state index in [4.69, 9.17) is 0 Å². The van der Waals surface area contributed by atoms with E-state index in [0.717, 1.165) is 36.5 Å². The van der Waals surface area contributed by atoms with Crippen molar-refractivity contribution in [3.05, 3.63) is 71.9 Å². The van der Waals surface area contributed by atoms with Gasteiger partial charge in [0.2, 0.25) is 0 Å². The number of aromatic nitrogens is 2. The van der Waals surface area contributed by atoms with Crippen LogP contribution in [0.5, 0.6) is 0 Å². The average Bonchev–Trinajstić information content (AvgIpc) is 3.27. The molecule has 0 aliphatic carbocycles. The van der Waals surface area contributed by atoms with E-state index >= 15 is 0 Å². The Kier molecular flexibility index (Phi) is 6.13. The van der Waals surface area contributed by atoms with Gasteiger partial charge in [0.25, 0.3) is 11.7 Å². The Morgan fingerprint density at radius 2 is 1.93 bits per heavy atom. The first-order valence-electron chi connectivity index (χ1n) is 9.30. The summed E-state index contributed by atoms with van der Waals surface area (Å²) >= 11 is 0. The van der Waals surface area contributed by atoms with Crippen LogP contribution in [0.4, 0.5) is 10.1 Å². The average molecular weight is 414 g/mol. The van der Waals surface area contributed by atoms with Crippen molar-refractivity contribution in [1.82, 2.24) is 4.57 Å². The fourth-order valence-corrected chi connectivity index (χ4v) is 3.67. The molecule has 0 radical (unpaired) electrons. The van der Waals surface area contributed by atoms with Gasteiger partial charge in [0.15, 0.2) is 18.0 Å². The summed E-state index contributed by atoms with van der Waals surface area (Å²) in [5.41, 5.74) is 3.08. The van der Waals surface area contributed by atoms with Crippen LogP contribution in [0.2, 0.25) is 0 Å². The molecule has 29 heavy (non-hydrogen) atoms. The van der Waals surface area contributed by atoms with E-state index in [1.165, 1.54) is 19.1 Å². The Morgan fingerprint density at radius 1 is 1.17 bits per heavy atom. The number of hydrogen-bond donors (Lipinski definition) is 1. The Morgan fingerprint density at radius 3 is 2.66 bits per heavy atom. The highest BCUT2D eigenvalue weighted by atomic mass is 35.5. The van der Waals surface area contributed by atoms with Gasteiger partial charge < -0.3 is 17.7 Å². The first kappa shape index (κ1) is 20.7. The Balaban J connectivity index is 0.00000240. The maximum absolute atomic E-state index is 13.3. The van der Waals surface area contributed by atoms with Crippen LogP contribution >= 0.6 is 0 Å². The second-order valence-corrected chi connectivity index (χ2v) is 7.01. The minimum absolute atomic E-state index is 0. The van der Waals surface area contributed by atoms with Gasteiger partial charge in [-0.05, 0) is 49.7 Å². The van der Waals surface area contributed by atoms with Crippen molar-refractivity contribution in [2.45, 2.75) is 32.9 Å². The van der Waals surface area contributed by atoms with Gasteiger partial charge in [0.05, 0.1) is 13.0 Å². The number of carbonyl (C=O) groups is 2. The smallest absolute Gasteiger partial charge is 0.266 e. The lowest BCUT2D eigenvalue weighted by Gasteiger charge is -2.05. The molecular formula is C22H21ClFN3O2. The predicted octanol–water partition coefficient (Wildman–Crippen LogP) is 0.373. The number of halogens is 2. The first-order chi connectivity index (χ1) is 13.5. The number of carbonyl (C=O) groups excluding carboxylic acids is 2. The fourth-order valence-electron chi connectivity index (χ4n) is 3.67. The largest absolute Gasteiger partial charge is 1.00 e. The summed E-state index contributed by atoms with van der Waals surface area (Å²) in [6.07, 6.45) is 3.87. The Labute approximate surface area is 174 Å². The zero-order chi connectivity index (χ0) is 19.7. The summed E-state index contributed by atoms with van der Waals surface area (Å²) in [7, 11) is 0. The van der Waals surface area contributed by atoms with Crippen LogP contribution in [-0.4, -0.2) is 16.3 Å². The van der Waals surface area contributed by atoms with Gasteiger partial charge in [0, 0.05) is 16.8 Å². The third kappa shape index (κ3) is 4.38. The van der Waals surface area contributed by atoms with Crippen molar-refractivity contribution >= 4 is 17.4 Å². The fraction of sp³-hybridized carbons (Fsp3) is 0.227. The predicted molar refractivity (Wildman–Crippen MR) is 103 cm³/mol. The number of fused-ring (bicyclic) bond motifs is 1. The highest BCUT2D eigenvalue weighted by Crippen LogP contribution is 2.25. The van der Waals surface area contributed by atoms with E-state index in [0.29, 0.717) is 11.3 Å². The number of imidazole rings is 1. The van der Waals surface area contributed by atoms with E-state index < -0.39 is 0 Å². The molecule has 0 unspecified atom stereocenters. The van der Waals surface area contributed by atoms with E-state index in [1.54, 1.807) is 36.4 Å². The van der Waals surface area contributed by atoms with Gasteiger partial charge in [-0.2, -0.15) is 0 Å². The second kappa shape index (κ2) is 8.57. The summed E-state index contributed by atoms with van der Waals surface area (Å²) < 4.78 is 17.4. The molecule has 4 rings (SSSR count). The number of nitrogens with one attached hydrogen (secondary N) is 1. The van der Waals surface area contributed by atoms with Crippen molar-refractivity contribution in [3.8, 4) is 11.3 Å². The SMILES string of the molecule is CC(=O)c1cccc(NC(=O)C[n+]2cc(-c3ccc(F)cc3)n3c2CCC3)c1.[Cl-]. The quantitative estimate of drug-likeness (QED) is 0.485. The summed E-state index contributed by atoms with van der Waals surface area (Å²) in [6.45, 7) is 2.57. The molecule has 1 aromatic heterocycles. The van der Waals surface area contributed by atoms with Crippen molar-refractivity contribution in [2.75, 3.05) is 5.32 Å². The number of amides is 1. The molecule has 2 heterocycles. The highest BCUT2D eigenvalue weighted by Gasteiger charge is 2.29. The van der Waals surface area contributed by atoms with Gasteiger partial charge in [-0.15, -0.1) is 0 Å². The van der Waals surface area contributed by atoms with Gasteiger partial charge >= 0.3 is 0 Å². The molecule has 7 heteroatoms. The molecule has 5 nitrogen and oxygen atoms in total. The van der Waals surface area contributed by atoms with E-state index in [9.17, 15) is 14.0 Å². The minimum atomic E-state index is -0.267. The van der Waals surface area contributed by atoms with Crippen LogP contribution in [-0.2, 0) is 24.3 Å². The normalized spacial score (nSPS) is 12.2. The molecule has 3 aromatic rings. The number of ketones is 1. The number of benzene rings is 2. The van der Waals surface area contributed by atoms with E-state index in [1.807, 2.05) is 10.8 Å². The van der Waals surface area contributed by atoms with Crippen LogP contribution in [0.15, 0.2) is 54.7 Å². The molecule has 2 aromatic carbocycles. The minimum Gasteiger partial charge on any atom is -1.00 e. The summed E-state index contributed by atoms with van der Waals surface area (Å²) in [5.74, 6) is 0.625. The highest BCUT2D eigenvalue weighted by molar-refractivity contribution is 5.96.